The molecule has 0 spiro atoms. The molecule has 2 unspecified atom stereocenters. The van der Waals surface area contributed by atoms with E-state index in [2.05, 4.69) is 10.6 Å². The summed E-state index contributed by atoms with van der Waals surface area (Å²) in [6.45, 7) is 5.07. The molecule has 0 aromatic carbocycles. The summed E-state index contributed by atoms with van der Waals surface area (Å²) >= 11 is 0. The Kier molecular flexibility index (Phi) is 9.43. The van der Waals surface area contributed by atoms with Crippen molar-refractivity contribution in [3.05, 3.63) is 0 Å². The molecule has 1 fully saturated rings. The molecule has 146 valence electrons. The van der Waals surface area contributed by atoms with Crippen molar-refractivity contribution in [1.82, 2.24) is 10.6 Å². The molecule has 0 radical (unpaired) electrons. The van der Waals surface area contributed by atoms with Gasteiger partial charge in [-0.1, -0.05) is 52.4 Å². The summed E-state index contributed by atoms with van der Waals surface area (Å²) in [5, 5.41) is 24.8. The van der Waals surface area contributed by atoms with Crippen LogP contribution in [-0.4, -0.2) is 47.3 Å². The number of amides is 2. The monoisotopic (exact) mass is 356 g/mol. The number of nitrogens with one attached hydrogen (secondary N) is 2. The maximum absolute atomic E-state index is 12.5. The number of hydrogen-bond acceptors (Lipinski definition) is 4. The van der Waals surface area contributed by atoms with Gasteiger partial charge in [0, 0.05) is 23.9 Å². The van der Waals surface area contributed by atoms with E-state index in [1.807, 2.05) is 6.92 Å². The lowest BCUT2D eigenvalue weighted by Gasteiger charge is -2.28. The normalized spacial score (nSPS) is 19.9. The molecular weight excluding hydrogens is 320 g/mol. The zero-order valence-corrected chi connectivity index (χ0v) is 16.0. The molecule has 0 aliphatic heterocycles. The highest BCUT2D eigenvalue weighted by Gasteiger charge is 2.33. The molecule has 1 saturated carbocycles. The van der Waals surface area contributed by atoms with Crippen LogP contribution in [0.2, 0.25) is 0 Å². The maximum atomic E-state index is 12.5. The highest BCUT2D eigenvalue weighted by atomic mass is 16.3. The molecule has 4 N–H and O–H groups in total. The molecule has 1 rings (SSSR count). The van der Waals surface area contributed by atoms with Crippen LogP contribution in [0.15, 0.2) is 0 Å². The molecule has 0 aromatic heterocycles. The second-order valence-electron chi connectivity index (χ2n) is 8.10. The van der Waals surface area contributed by atoms with Crippen molar-refractivity contribution in [2.75, 3.05) is 13.2 Å². The summed E-state index contributed by atoms with van der Waals surface area (Å²) in [5.41, 5.74) is -0.895. The smallest absolute Gasteiger partial charge is 0.249 e. The van der Waals surface area contributed by atoms with E-state index in [0.29, 0.717) is 0 Å². The van der Waals surface area contributed by atoms with Gasteiger partial charge in [-0.2, -0.15) is 0 Å². The van der Waals surface area contributed by atoms with Crippen LogP contribution in [0.25, 0.3) is 0 Å². The number of carbonyl (C=O) groups excluding carboxylic acids is 2. The van der Waals surface area contributed by atoms with Gasteiger partial charge in [-0.15, -0.1) is 0 Å². The number of rotatable bonds is 7. The lowest BCUT2D eigenvalue weighted by atomic mass is 9.87. The Labute approximate surface area is 151 Å². The minimum atomic E-state index is -1.28. The molecule has 0 heterocycles. The first-order valence-electron chi connectivity index (χ1n) is 9.65. The maximum Gasteiger partial charge on any atom is 0.249 e. The molecule has 6 nitrogen and oxygen atoms in total. The molecule has 0 bridgehead atoms. The molecule has 25 heavy (non-hydrogen) atoms. The summed E-state index contributed by atoms with van der Waals surface area (Å²) in [4.78, 5) is 24.4. The van der Waals surface area contributed by atoms with Crippen LogP contribution >= 0.6 is 0 Å². The van der Waals surface area contributed by atoms with Crippen LogP contribution in [0.4, 0.5) is 0 Å². The Morgan fingerprint density at radius 1 is 1.08 bits per heavy atom. The average Bonchev–Trinajstić information content (AvgIpc) is 2.72. The van der Waals surface area contributed by atoms with Crippen molar-refractivity contribution in [2.24, 2.45) is 11.3 Å². The van der Waals surface area contributed by atoms with Crippen LogP contribution in [0.5, 0.6) is 0 Å². The van der Waals surface area contributed by atoms with Gasteiger partial charge in [-0.3, -0.25) is 9.59 Å². The minimum absolute atomic E-state index is 0.0650. The van der Waals surface area contributed by atoms with E-state index in [-0.39, 0.29) is 31.0 Å². The van der Waals surface area contributed by atoms with Gasteiger partial charge < -0.3 is 20.8 Å². The van der Waals surface area contributed by atoms with Crippen LogP contribution < -0.4 is 10.6 Å². The van der Waals surface area contributed by atoms with Gasteiger partial charge in [0.05, 0.1) is 6.61 Å². The molecule has 0 aromatic rings. The van der Waals surface area contributed by atoms with E-state index < -0.39 is 17.4 Å². The first-order valence-corrected chi connectivity index (χ1v) is 9.65. The average molecular weight is 357 g/mol. The van der Waals surface area contributed by atoms with Gasteiger partial charge >= 0.3 is 0 Å². The predicted molar refractivity (Wildman–Crippen MR) is 97.9 cm³/mol. The molecule has 6 heteroatoms. The second kappa shape index (κ2) is 10.8. The number of hydrogen-bond donors (Lipinski definition) is 4. The Hall–Kier alpha value is -1.14. The van der Waals surface area contributed by atoms with Gasteiger partial charge in [0.1, 0.15) is 6.10 Å². The second-order valence-corrected chi connectivity index (χ2v) is 8.10. The van der Waals surface area contributed by atoms with Crippen molar-refractivity contribution < 1.29 is 19.8 Å². The van der Waals surface area contributed by atoms with E-state index in [0.717, 1.165) is 25.7 Å². The van der Waals surface area contributed by atoms with Gasteiger partial charge in [-0.25, -0.2) is 0 Å². The van der Waals surface area contributed by atoms with Crippen molar-refractivity contribution in [3.8, 4) is 0 Å². The Morgan fingerprint density at radius 3 is 2.12 bits per heavy atom. The molecule has 1 aliphatic rings. The van der Waals surface area contributed by atoms with Crippen molar-refractivity contribution >= 4 is 11.8 Å². The SMILES string of the molecule is CC(CNC(=O)C(O)C(C)(C)CO)NC(=O)C1CCCCCCCC1. The fourth-order valence-electron chi connectivity index (χ4n) is 3.10. The van der Waals surface area contributed by atoms with Gasteiger partial charge in [0.25, 0.3) is 0 Å². The predicted octanol–water partition coefficient (Wildman–Crippen LogP) is 1.74. The van der Waals surface area contributed by atoms with Crippen LogP contribution in [-0.2, 0) is 9.59 Å². The van der Waals surface area contributed by atoms with Crippen LogP contribution in [0, 0.1) is 11.3 Å². The quantitative estimate of drug-likeness (QED) is 0.558. The van der Waals surface area contributed by atoms with Crippen molar-refractivity contribution in [2.45, 2.75) is 84.3 Å². The van der Waals surface area contributed by atoms with E-state index in [4.69, 9.17) is 0 Å². The number of aliphatic hydroxyl groups excluding tert-OH is 2. The Morgan fingerprint density at radius 2 is 1.60 bits per heavy atom. The summed E-state index contributed by atoms with van der Waals surface area (Å²) in [6.07, 6.45) is 7.74. The summed E-state index contributed by atoms with van der Waals surface area (Å²) in [6, 6.07) is -0.200. The first kappa shape index (κ1) is 21.9. The van der Waals surface area contributed by atoms with Gasteiger partial charge in [0.2, 0.25) is 11.8 Å². The molecule has 1 aliphatic carbocycles. The Bertz CT molecular complexity index is 416. The van der Waals surface area contributed by atoms with Crippen LogP contribution in [0.3, 0.4) is 0 Å². The fourth-order valence-corrected chi connectivity index (χ4v) is 3.10. The van der Waals surface area contributed by atoms with Gasteiger partial charge in [-0.05, 0) is 19.8 Å². The Balaban J connectivity index is 2.40. The topological polar surface area (TPSA) is 98.7 Å². The van der Waals surface area contributed by atoms with E-state index in [9.17, 15) is 19.8 Å². The van der Waals surface area contributed by atoms with E-state index in [1.54, 1.807) is 13.8 Å². The highest BCUT2D eigenvalue weighted by molar-refractivity contribution is 5.81. The van der Waals surface area contributed by atoms with Crippen molar-refractivity contribution in [1.29, 1.82) is 0 Å². The number of aliphatic hydroxyl groups is 2. The lowest BCUT2D eigenvalue weighted by molar-refractivity contribution is -0.137. The van der Waals surface area contributed by atoms with E-state index in [1.165, 1.54) is 25.7 Å². The third-order valence-electron chi connectivity index (χ3n) is 5.09. The standard InChI is InChI=1S/C19H36N2O4/c1-14(12-20-18(25)16(23)19(2,3)13-22)21-17(24)15-10-8-6-4-5-7-9-11-15/h14-16,22-23H,4-13H2,1-3H3,(H,20,25)(H,21,24). The first-order chi connectivity index (χ1) is 11.8. The summed E-state index contributed by atoms with van der Waals surface area (Å²) in [7, 11) is 0. The van der Waals surface area contributed by atoms with Crippen molar-refractivity contribution in [3.63, 3.8) is 0 Å². The lowest BCUT2D eigenvalue weighted by Crippen LogP contribution is -2.50. The molecule has 2 atom stereocenters. The summed E-state index contributed by atoms with van der Waals surface area (Å²) in [5.74, 6) is -0.391. The third-order valence-corrected chi connectivity index (χ3v) is 5.09. The van der Waals surface area contributed by atoms with Gasteiger partial charge in [0.15, 0.2) is 0 Å². The van der Waals surface area contributed by atoms with E-state index >= 15 is 0 Å². The zero-order chi connectivity index (χ0) is 18.9. The third kappa shape index (κ3) is 7.74. The molecule has 2 amide bonds. The largest absolute Gasteiger partial charge is 0.396 e. The fraction of sp³-hybridized carbons (Fsp3) is 0.895. The minimum Gasteiger partial charge on any atom is -0.396 e. The highest BCUT2D eigenvalue weighted by Crippen LogP contribution is 2.22. The number of carbonyl (C=O) groups is 2. The molecular formula is C19H36N2O4. The molecule has 0 saturated heterocycles. The van der Waals surface area contributed by atoms with Crippen LogP contribution in [0.1, 0.15) is 72.1 Å². The summed E-state index contributed by atoms with van der Waals surface area (Å²) < 4.78 is 0. The zero-order valence-electron chi connectivity index (χ0n) is 16.0.